The molecule has 0 aliphatic heterocycles. The quantitative estimate of drug-likeness (QED) is 0.739. The molecule has 0 rings (SSSR count). The number of rotatable bonds is 3. The van der Waals surface area contributed by atoms with Crippen molar-refractivity contribution in [2.75, 3.05) is 0 Å². The molecule has 0 aromatic rings. The topological polar surface area (TPSA) is 63.3 Å². The van der Waals surface area contributed by atoms with Gasteiger partial charge in [0.15, 0.2) is 0 Å². The number of carboxylic acids is 1. The number of carbonyl (C=O) groups is 1. The minimum Gasteiger partial charge on any atom is -0.480 e. The zero-order valence-corrected chi connectivity index (χ0v) is 8.26. The summed E-state index contributed by atoms with van der Waals surface area (Å²) >= 11 is 0. The van der Waals surface area contributed by atoms with E-state index >= 15 is 0 Å². The van der Waals surface area contributed by atoms with Crippen LogP contribution in [0.25, 0.3) is 0 Å². The van der Waals surface area contributed by atoms with Gasteiger partial charge in [0.25, 0.3) is 0 Å². The summed E-state index contributed by atoms with van der Waals surface area (Å²) in [6.45, 7) is 3.89. The Hall–Kier alpha value is 0.170. The van der Waals surface area contributed by atoms with Crippen LogP contribution in [0.1, 0.15) is 20.3 Å². The molecule has 3 nitrogen and oxygen atoms in total. The van der Waals surface area contributed by atoms with Gasteiger partial charge in [-0.15, -0.1) is 0 Å². The number of aliphatic carboxylic acids is 1. The molecule has 0 fully saturated rings. The molecular weight excluding hydrogens is 315 g/mol. The predicted octanol–water partition coefficient (Wildman–Crippen LogP) is 0.442. The molecule has 1 atom stereocenters. The van der Waals surface area contributed by atoms with Crippen LogP contribution in [0.15, 0.2) is 0 Å². The Labute approximate surface area is 76.5 Å². The summed E-state index contributed by atoms with van der Waals surface area (Å²) in [5, 5.41) is 8.31. The largest absolute Gasteiger partial charge is 1.00 e. The molecule has 0 amide bonds. The molecule has 10 heavy (non-hydrogen) atoms. The first-order valence-electron chi connectivity index (χ1n) is 3.02. The molecule has 0 aliphatic carbocycles. The summed E-state index contributed by atoms with van der Waals surface area (Å²) in [5.41, 5.74) is 5.22. The van der Waals surface area contributed by atoms with Crippen LogP contribution in [0.2, 0.25) is 0 Å². The monoisotopic (exact) mass is 328 g/mol. The van der Waals surface area contributed by atoms with Crippen molar-refractivity contribution >= 4 is 5.97 Å². The SMILES string of the molecule is CC(C)CC(N)C(=O)O.[Au+]. The van der Waals surface area contributed by atoms with Gasteiger partial charge in [0.1, 0.15) is 6.04 Å². The van der Waals surface area contributed by atoms with E-state index in [-0.39, 0.29) is 22.4 Å². The molecular formula is C6H13AuNO2+. The summed E-state index contributed by atoms with van der Waals surface area (Å²) < 4.78 is 0. The van der Waals surface area contributed by atoms with E-state index in [9.17, 15) is 4.79 Å². The number of nitrogens with two attached hydrogens (primary N) is 1. The molecule has 0 aliphatic rings. The Morgan fingerprint density at radius 1 is 1.60 bits per heavy atom. The van der Waals surface area contributed by atoms with Gasteiger partial charge in [-0.3, -0.25) is 4.79 Å². The van der Waals surface area contributed by atoms with Crippen molar-refractivity contribution in [1.82, 2.24) is 0 Å². The first kappa shape index (κ1) is 12.8. The van der Waals surface area contributed by atoms with Crippen LogP contribution in [0, 0.1) is 5.92 Å². The predicted molar refractivity (Wildman–Crippen MR) is 35.1 cm³/mol. The van der Waals surface area contributed by atoms with Crippen molar-refractivity contribution in [3.8, 4) is 0 Å². The molecule has 64 valence electrons. The Morgan fingerprint density at radius 2 is 2.00 bits per heavy atom. The average Bonchev–Trinajstić information content (AvgIpc) is 1.63. The summed E-state index contributed by atoms with van der Waals surface area (Å²) in [5.74, 6) is -0.556. The fraction of sp³-hybridized carbons (Fsp3) is 0.833. The maximum atomic E-state index is 10.1. The Balaban J connectivity index is 0. The zero-order valence-electron chi connectivity index (χ0n) is 6.10. The first-order chi connectivity index (χ1) is 4.04. The van der Waals surface area contributed by atoms with E-state index in [0.29, 0.717) is 12.3 Å². The van der Waals surface area contributed by atoms with Gasteiger partial charge >= 0.3 is 28.3 Å². The molecule has 0 heterocycles. The van der Waals surface area contributed by atoms with E-state index in [0.717, 1.165) is 0 Å². The van der Waals surface area contributed by atoms with E-state index in [2.05, 4.69) is 0 Å². The Bertz CT molecular complexity index is 106. The smallest absolute Gasteiger partial charge is 0.480 e. The molecule has 1 unspecified atom stereocenters. The number of hydrogen-bond donors (Lipinski definition) is 2. The minimum absolute atomic E-state index is 0. The van der Waals surface area contributed by atoms with Crippen molar-refractivity contribution in [2.45, 2.75) is 26.3 Å². The van der Waals surface area contributed by atoms with E-state index in [1.54, 1.807) is 0 Å². The summed E-state index contributed by atoms with van der Waals surface area (Å²) in [4.78, 5) is 10.1. The molecule has 0 saturated carbocycles. The van der Waals surface area contributed by atoms with Crippen LogP contribution < -0.4 is 5.73 Å². The van der Waals surface area contributed by atoms with Crippen molar-refractivity contribution in [2.24, 2.45) is 11.7 Å². The van der Waals surface area contributed by atoms with Gasteiger partial charge in [0, 0.05) is 0 Å². The average molecular weight is 328 g/mol. The second kappa shape index (κ2) is 5.92. The van der Waals surface area contributed by atoms with Gasteiger partial charge in [0.2, 0.25) is 0 Å². The molecule has 3 N–H and O–H groups in total. The molecule has 4 heteroatoms. The second-order valence-corrected chi connectivity index (χ2v) is 2.57. The van der Waals surface area contributed by atoms with Gasteiger partial charge in [-0.05, 0) is 12.3 Å². The minimum atomic E-state index is -0.913. The third-order valence-corrected chi connectivity index (χ3v) is 1.04. The van der Waals surface area contributed by atoms with Gasteiger partial charge in [-0.25, -0.2) is 0 Å². The Morgan fingerprint density at radius 3 is 2.10 bits per heavy atom. The molecule has 0 bridgehead atoms. The first-order valence-corrected chi connectivity index (χ1v) is 3.02. The van der Waals surface area contributed by atoms with Crippen LogP contribution in [0.5, 0.6) is 0 Å². The second-order valence-electron chi connectivity index (χ2n) is 2.57. The maximum absolute atomic E-state index is 10.1. The van der Waals surface area contributed by atoms with E-state index in [4.69, 9.17) is 10.8 Å². The maximum Gasteiger partial charge on any atom is 1.00 e. The van der Waals surface area contributed by atoms with Crippen molar-refractivity contribution in [3.05, 3.63) is 0 Å². The third-order valence-electron chi connectivity index (χ3n) is 1.04. The van der Waals surface area contributed by atoms with Crippen LogP contribution in [0.3, 0.4) is 0 Å². The normalized spacial score (nSPS) is 12.4. The number of carboxylic acid groups (broad SMARTS) is 1. The van der Waals surface area contributed by atoms with E-state index < -0.39 is 12.0 Å². The fourth-order valence-electron chi connectivity index (χ4n) is 0.609. The zero-order chi connectivity index (χ0) is 7.44. The van der Waals surface area contributed by atoms with E-state index in [1.165, 1.54) is 0 Å². The molecule has 0 aromatic carbocycles. The molecule has 0 spiro atoms. The van der Waals surface area contributed by atoms with Crippen LogP contribution in [0.4, 0.5) is 0 Å². The summed E-state index contributed by atoms with van der Waals surface area (Å²) in [6, 6.07) is -0.690. The summed E-state index contributed by atoms with van der Waals surface area (Å²) in [6.07, 6.45) is 0.551. The van der Waals surface area contributed by atoms with Gasteiger partial charge in [0.05, 0.1) is 0 Å². The molecule has 0 aromatic heterocycles. The Kier molecular flexibility index (Phi) is 7.58. The summed E-state index contributed by atoms with van der Waals surface area (Å²) in [7, 11) is 0. The van der Waals surface area contributed by atoms with Gasteiger partial charge < -0.3 is 10.8 Å². The van der Waals surface area contributed by atoms with Crippen molar-refractivity contribution in [1.29, 1.82) is 0 Å². The van der Waals surface area contributed by atoms with Crippen molar-refractivity contribution in [3.63, 3.8) is 0 Å². The van der Waals surface area contributed by atoms with Crippen LogP contribution in [-0.2, 0) is 27.2 Å². The fourth-order valence-corrected chi connectivity index (χ4v) is 0.609. The van der Waals surface area contributed by atoms with Crippen LogP contribution in [-0.4, -0.2) is 17.1 Å². The standard InChI is InChI=1S/C6H13NO2.Au/c1-4(2)3-5(7)6(8)9;/h4-5H,3,7H2,1-2H3,(H,8,9);/q;+1. The third kappa shape index (κ3) is 6.29. The van der Waals surface area contributed by atoms with Gasteiger partial charge in [-0.1, -0.05) is 13.8 Å². The van der Waals surface area contributed by atoms with E-state index in [1.807, 2.05) is 13.8 Å². The van der Waals surface area contributed by atoms with Crippen LogP contribution >= 0.6 is 0 Å². The number of hydrogen-bond acceptors (Lipinski definition) is 2. The molecule has 0 radical (unpaired) electrons. The van der Waals surface area contributed by atoms with Crippen molar-refractivity contribution < 1.29 is 32.3 Å². The van der Waals surface area contributed by atoms with Gasteiger partial charge in [-0.2, -0.15) is 0 Å². The molecule has 0 saturated heterocycles.